The zero-order valence-electron chi connectivity index (χ0n) is 11.9. The summed E-state index contributed by atoms with van der Waals surface area (Å²) in [5, 5.41) is 2.75. The highest BCUT2D eigenvalue weighted by Gasteiger charge is 2.25. The number of fused-ring (bicyclic) bond motifs is 2. The van der Waals surface area contributed by atoms with Gasteiger partial charge in [-0.1, -0.05) is 30.4 Å². The fourth-order valence-corrected chi connectivity index (χ4v) is 4.23. The minimum Gasteiger partial charge on any atom is -0.294 e. The van der Waals surface area contributed by atoms with E-state index in [0.29, 0.717) is 12.2 Å². The standard InChI is InChI=1S/C20H16O/c21-18-6-2-5-15-16-10-9-13-4-1-3-12-7-8-14(11-17(15)18)20(16)19(12)13/h1,3,7,9-11H,2,4-6,8H2. The third kappa shape index (κ3) is 1.44. The molecule has 0 fully saturated rings. The van der Waals surface area contributed by atoms with Crippen LogP contribution in [0.3, 0.4) is 0 Å². The molecule has 1 heteroatoms. The second kappa shape index (κ2) is 3.94. The Morgan fingerprint density at radius 2 is 1.95 bits per heavy atom. The summed E-state index contributed by atoms with van der Waals surface area (Å²) in [6, 6.07) is 6.71. The van der Waals surface area contributed by atoms with Gasteiger partial charge < -0.3 is 0 Å². The number of hydrogen-bond donors (Lipinski definition) is 0. The number of Topliss-reactive ketones (excluding diaryl/α,β-unsaturated/α-hetero) is 1. The van der Waals surface area contributed by atoms with E-state index in [0.717, 1.165) is 31.2 Å². The number of ketones is 1. The van der Waals surface area contributed by atoms with E-state index in [1.165, 1.54) is 38.6 Å². The first-order valence-corrected chi connectivity index (χ1v) is 7.83. The topological polar surface area (TPSA) is 17.1 Å². The van der Waals surface area contributed by atoms with Crippen molar-refractivity contribution in [2.75, 3.05) is 0 Å². The van der Waals surface area contributed by atoms with Gasteiger partial charge in [0.15, 0.2) is 5.78 Å². The number of rotatable bonds is 0. The molecule has 1 nitrogen and oxygen atoms in total. The lowest BCUT2D eigenvalue weighted by molar-refractivity contribution is 0.0972. The Morgan fingerprint density at radius 1 is 1.00 bits per heavy atom. The van der Waals surface area contributed by atoms with E-state index in [1.807, 2.05) is 0 Å². The van der Waals surface area contributed by atoms with Crippen molar-refractivity contribution in [3.63, 3.8) is 0 Å². The molecule has 0 N–H and O–H groups in total. The molecule has 3 aliphatic carbocycles. The van der Waals surface area contributed by atoms with Gasteiger partial charge in [0.1, 0.15) is 0 Å². The average Bonchev–Trinajstić information content (AvgIpc) is 2.53. The van der Waals surface area contributed by atoms with Crippen LogP contribution in [0.15, 0.2) is 36.4 Å². The number of hydrogen-bond acceptors (Lipinski definition) is 1. The highest BCUT2D eigenvalue weighted by atomic mass is 16.1. The maximum atomic E-state index is 12.3. The quantitative estimate of drug-likeness (QED) is 0.694. The first kappa shape index (κ1) is 11.5. The largest absolute Gasteiger partial charge is 0.294 e. The van der Waals surface area contributed by atoms with E-state index in [2.05, 4.69) is 36.4 Å². The lowest BCUT2D eigenvalue weighted by atomic mass is 9.77. The third-order valence-corrected chi connectivity index (χ3v) is 5.18. The number of aryl methyl sites for hydroxylation is 1. The van der Waals surface area contributed by atoms with Gasteiger partial charge in [-0.3, -0.25) is 4.79 Å². The maximum absolute atomic E-state index is 12.3. The summed E-state index contributed by atoms with van der Waals surface area (Å²) >= 11 is 0. The van der Waals surface area contributed by atoms with Gasteiger partial charge in [0.2, 0.25) is 0 Å². The number of carbonyl (C=O) groups excluding carboxylic acids is 1. The number of allylic oxidation sites excluding steroid dienone is 4. The maximum Gasteiger partial charge on any atom is 0.163 e. The molecule has 5 rings (SSSR count). The molecule has 0 heterocycles. The van der Waals surface area contributed by atoms with Crippen LogP contribution in [0, 0.1) is 0 Å². The Bertz CT molecular complexity index is 881. The molecule has 0 saturated heterocycles. The normalized spacial score (nSPS) is 18.7. The minimum atomic E-state index is 0.335. The number of benzene rings is 2. The lowest BCUT2D eigenvalue weighted by Crippen LogP contribution is -2.14. The van der Waals surface area contributed by atoms with E-state index in [1.54, 1.807) is 0 Å². The Kier molecular flexibility index (Phi) is 2.16. The average molecular weight is 272 g/mol. The highest BCUT2D eigenvalue weighted by molar-refractivity contribution is 6.09. The molecule has 0 aromatic heterocycles. The van der Waals surface area contributed by atoms with Crippen molar-refractivity contribution >= 4 is 22.1 Å². The van der Waals surface area contributed by atoms with Crippen LogP contribution in [0.2, 0.25) is 0 Å². The van der Waals surface area contributed by atoms with Crippen molar-refractivity contribution in [1.29, 1.82) is 0 Å². The second-order valence-electron chi connectivity index (χ2n) is 6.33. The zero-order chi connectivity index (χ0) is 14.0. The van der Waals surface area contributed by atoms with Crippen molar-refractivity contribution in [1.82, 2.24) is 0 Å². The smallest absolute Gasteiger partial charge is 0.163 e. The summed E-state index contributed by atoms with van der Waals surface area (Å²) in [6.07, 6.45) is 11.6. The first-order chi connectivity index (χ1) is 10.3. The SMILES string of the molecule is O=C1CCCc2c1cc1c3c4c(ccc23)CC=CC4=CC1. The van der Waals surface area contributed by atoms with Gasteiger partial charge in [0.25, 0.3) is 0 Å². The molecule has 0 aliphatic heterocycles. The van der Waals surface area contributed by atoms with E-state index in [4.69, 9.17) is 0 Å². The summed E-state index contributed by atoms with van der Waals surface area (Å²) in [5.74, 6) is 0.335. The fraction of sp³-hybridized carbons (Fsp3) is 0.250. The van der Waals surface area contributed by atoms with Gasteiger partial charge in [-0.05, 0) is 70.3 Å². The monoisotopic (exact) mass is 272 g/mol. The molecule has 102 valence electrons. The fourth-order valence-electron chi connectivity index (χ4n) is 4.23. The summed E-state index contributed by atoms with van der Waals surface area (Å²) in [6.45, 7) is 0. The van der Waals surface area contributed by atoms with Crippen LogP contribution in [0.4, 0.5) is 0 Å². The Labute approximate surface area is 124 Å². The van der Waals surface area contributed by atoms with Crippen LogP contribution in [-0.4, -0.2) is 5.78 Å². The van der Waals surface area contributed by atoms with Crippen molar-refractivity contribution in [2.45, 2.75) is 32.1 Å². The Morgan fingerprint density at radius 3 is 2.90 bits per heavy atom. The Hall–Kier alpha value is -2.15. The molecular weight excluding hydrogens is 256 g/mol. The lowest BCUT2D eigenvalue weighted by Gasteiger charge is -2.26. The van der Waals surface area contributed by atoms with Crippen LogP contribution >= 0.6 is 0 Å². The van der Waals surface area contributed by atoms with Crippen LogP contribution in [0.5, 0.6) is 0 Å². The van der Waals surface area contributed by atoms with Gasteiger partial charge >= 0.3 is 0 Å². The molecule has 21 heavy (non-hydrogen) atoms. The molecule has 2 aromatic rings. The molecule has 0 atom stereocenters. The van der Waals surface area contributed by atoms with Crippen LogP contribution in [0.25, 0.3) is 16.3 Å². The van der Waals surface area contributed by atoms with Gasteiger partial charge in [-0.25, -0.2) is 0 Å². The van der Waals surface area contributed by atoms with Crippen molar-refractivity contribution < 1.29 is 4.79 Å². The second-order valence-corrected chi connectivity index (χ2v) is 6.33. The molecule has 0 unspecified atom stereocenters. The number of carbonyl (C=O) groups is 1. The predicted octanol–water partition coefficient (Wildman–Crippen LogP) is 4.41. The van der Waals surface area contributed by atoms with Crippen molar-refractivity contribution in [2.24, 2.45) is 0 Å². The van der Waals surface area contributed by atoms with Crippen LogP contribution in [0.1, 0.15) is 45.5 Å². The van der Waals surface area contributed by atoms with E-state index < -0.39 is 0 Å². The van der Waals surface area contributed by atoms with Crippen molar-refractivity contribution in [3.8, 4) is 0 Å². The predicted molar refractivity (Wildman–Crippen MR) is 85.7 cm³/mol. The summed E-state index contributed by atoms with van der Waals surface area (Å²) in [5.41, 5.74) is 7.86. The van der Waals surface area contributed by atoms with Crippen LogP contribution < -0.4 is 0 Å². The highest BCUT2D eigenvalue weighted by Crippen LogP contribution is 2.42. The molecule has 0 saturated carbocycles. The van der Waals surface area contributed by atoms with Crippen LogP contribution in [-0.2, 0) is 19.3 Å². The molecule has 3 aliphatic rings. The molecule has 0 bridgehead atoms. The van der Waals surface area contributed by atoms with E-state index in [-0.39, 0.29) is 0 Å². The molecule has 0 amide bonds. The first-order valence-electron chi connectivity index (χ1n) is 7.83. The summed E-state index contributed by atoms with van der Waals surface area (Å²) < 4.78 is 0. The van der Waals surface area contributed by atoms with Crippen molar-refractivity contribution in [3.05, 3.63) is 64.2 Å². The van der Waals surface area contributed by atoms with E-state index in [9.17, 15) is 4.79 Å². The molecular formula is C20H16O. The molecule has 0 spiro atoms. The minimum absolute atomic E-state index is 0.335. The van der Waals surface area contributed by atoms with Gasteiger partial charge in [-0.15, -0.1) is 0 Å². The van der Waals surface area contributed by atoms with Gasteiger partial charge in [0.05, 0.1) is 0 Å². The summed E-state index contributed by atoms with van der Waals surface area (Å²) in [4.78, 5) is 12.3. The summed E-state index contributed by atoms with van der Waals surface area (Å²) in [7, 11) is 0. The van der Waals surface area contributed by atoms with Gasteiger partial charge in [0, 0.05) is 12.0 Å². The zero-order valence-corrected chi connectivity index (χ0v) is 11.9. The molecule has 0 radical (unpaired) electrons. The molecule has 2 aromatic carbocycles. The Balaban J connectivity index is 1.95. The third-order valence-electron chi connectivity index (χ3n) is 5.18. The van der Waals surface area contributed by atoms with Gasteiger partial charge in [-0.2, -0.15) is 0 Å². The van der Waals surface area contributed by atoms with E-state index >= 15 is 0 Å².